The van der Waals surface area contributed by atoms with Gasteiger partial charge in [0.1, 0.15) is 0 Å². The highest BCUT2D eigenvalue weighted by Gasteiger charge is 2.35. The van der Waals surface area contributed by atoms with Gasteiger partial charge in [-0.15, -0.1) is 0 Å². The van der Waals surface area contributed by atoms with E-state index in [0.717, 1.165) is 0 Å². The van der Waals surface area contributed by atoms with Crippen LogP contribution in [0.3, 0.4) is 0 Å². The predicted octanol–water partition coefficient (Wildman–Crippen LogP) is 1.07. The molecule has 0 bridgehead atoms. The number of methoxy groups -OCH3 is 4. The number of carbonyl (C=O) groups is 1. The van der Waals surface area contributed by atoms with Gasteiger partial charge in [-0.2, -0.15) is 0 Å². The number of ether oxygens (including phenoxy) is 6. The van der Waals surface area contributed by atoms with E-state index in [0.29, 0.717) is 0 Å². The van der Waals surface area contributed by atoms with Crippen molar-refractivity contribution >= 4 is 6.16 Å². The van der Waals surface area contributed by atoms with Gasteiger partial charge < -0.3 is 28.4 Å². The number of rotatable bonds is 6. The Kier molecular flexibility index (Phi) is 5.66. The zero-order valence-corrected chi connectivity index (χ0v) is 10.4. The van der Waals surface area contributed by atoms with Crippen LogP contribution in [0.25, 0.3) is 0 Å². The number of hydrogen-bond acceptors (Lipinski definition) is 7. The molecule has 0 amide bonds. The van der Waals surface area contributed by atoms with Gasteiger partial charge in [0.2, 0.25) is 0 Å². The Morgan fingerprint density at radius 3 is 1.19 bits per heavy atom. The summed E-state index contributed by atoms with van der Waals surface area (Å²) in [5, 5.41) is 0. The second-order valence-corrected chi connectivity index (χ2v) is 3.00. The van der Waals surface area contributed by atoms with Gasteiger partial charge in [-0.05, 0) is 0 Å². The van der Waals surface area contributed by atoms with E-state index in [1.165, 1.54) is 42.3 Å². The molecule has 0 aliphatic rings. The lowest BCUT2D eigenvalue weighted by Crippen LogP contribution is -2.41. The highest BCUT2D eigenvalue weighted by molar-refractivity contribution is 5.60. The maximum atomic E-state index is 11.3. The summed E-state index contributed by atoms with van der Waals surface area (Å²) in [5.74, 6) is -3.03. The average molecular weight is 238 g/mol. The Labute approximate surface area is 94.5 Å². The second-order valence-electron chi connectivity index (χ2n) is 3.00. The minimum atomic E-state index is -1.51. The Morgan fingerprint density at radius 1 is 0.750 bits per heavy atom. The molecular weight excluding hydrogens is 220 g/mol. The number of hydrogen-bond donors (Lipinski definition) is 0. The lowest BCUT2D eigenvalue weighted by atomic mass is 10.6. The van der Waals surface area contributed by atoms with E-state index in [-0.39, 0.29) is 0 Å². The summed E-state index contributed by atoms with van der Waals surface area (Å²) in [6.07, 6.45) is -1.04. The smallest absolute Gasteiger partial charge is 0.376 e. The molecule has 0 aromatic rings. The zero-order chi connectivity index (χ0) is 12.8. The Hall–Kier alpha value is -0.890. The molecule has 0 radical (unpaired) electrons. The van der Waals surface area contributed by atoms with Crippen LogP contribution in [0.4, 0.5) is 4.79 Å². The molecule has 0 aromatic carbocycles. The van der Waals surface area contributed by atoms with Crippen LogP contribution in [0.5, 0.6) is 0 Å². The van der Waals surface area contributed by atoms with E-state index < -0.39 is 18.1 Å². The van der Waals surface area contributed by atoms with Crippen molar-refractivity contribution in [2.45, 2.75) is 25.8 Å². The lowest BCUT2D eigenvalue weighted by molar-refractivity contribution is -0.363. The molecule has 0 aromatic heterocycles. The van der Waals surface area contributed by atoms with E-state index in [1.807, 2.05) is 0 Å². The first-order valence-electron chi connectivity index (χ1n) is 4.47. The van der Waals surface area contributed by atoms with Crippen LogP contribution >= 0.6 is 0 Å². The average Bonchev–Trinajstić information content (AvgIpc) is 2.28. The van der Waals surface area contributed by atoms with E-state index in [9.17, 15) is 4.79 Å². The van der Waals surface area contributed by atoms with E-state index in [4.69, 9.17) is 28.4 Å². The standard InChI is InChI=1S/C9H18O7/c1-8(11-3,12-4)15-7(10)16-9(2,13-5)14-6/h1-6H3. The molecule has 0 atom stereocenters. The summed E-state index contributed by atoms with van der Waals surface area (Å²) in [4.78, 5) is 11.3. The lowest BCUT2D eigenvalue weighted by Gasteiger charge is -2.29. The van der Waals surface area contributed by atoms with Gasteiger partial charge in [0.15, 0.2) is 0 Å². The monoisotopic (exact) mass is 238 g/mol. The van der Waals surface area contributed by atoms with Crippen molar-refractivity contribution in [1.82, 2.24) is 0 Å². The highest BCUT2D eigenvalue weighted by atomic mass is 17.0. The first kappa shape index (κ1) is 15.1. The molecule has 0 aliphatic heterocycles. The molecule has 0 spiro atoms. The fourth-order valence-corrected chi connectivity index (χ4v) is 0.657. The van der Waals surface area contributed by atoms with Gasteiger partial charge in [-0.1, -0.05) is 0 Å². The van der Waals surface area contributed by atoms with Gasteiger partial charge in [-0.25, -0.2) is 4.79 Å². The van der Waals surface area contributed by atoms with Crippen molar-refractivity contribution in [3.05, 3.63) is 0 Å². The summed E-state index contributed by atoms with van der Waals surface area (Å²) >= 11 is 0. The van der Waals surface area contributed by atoms with E-state index >= 15 is 0 Å². The molecule has 7 heteroatoms. The van der Waals surface area contributed by atoms with Crippen molar-refractivity contribution in [3.63, 3.8) is 0 Å². The molecule has 0 fully saturated rings. The first-order valence-corrected chi connectivity index (χ1v) is 4.47. The molecule has 96 valence electrons. The molecule has 0 heterocycles. The van der Waals surface area contributed by atoms with E-state index in [1.54, 1.807) is 0 Å². The quantitative estimate of drug-likeness (QED) is 0.506. The van der Waals surface area contributed by atoms with Crippen LogP contribution in [0.1, 0.15) is 13.8 Å². The van der Waals surface area contributed by atoms with Gasteiger partial charge in [-0.3, -0.25) is 0 Å². The van der Waals surface area contributed by atoms with Crippen molar-refractivity contribution < 1.29 is 33.2 Å². The Morgan fingerprint density at radius 2 is 1.00 bits per heavy atom. The van der Waals surface area contributed by atoms with Crippen LogP contribution in [0.15, 0.2) is 0 Å². The van der Waals surface area contributed by atoms with E-state index in [2.05, 4.69) is 0 Å². The maximum Gasteiger partial charge on any atom is 0.516 e. The third-order valence-electron chi connectivity index (χ3n) is 2.02. The minimum absolute atomic E-state index is 1.04. The molecule has 0 unspecified atom stereocenters. The third kappa shape index (κ3) is 4.31. The zero-order valence-electron chi connectivity index (χ0n) is 10.4. The van der Waals surface area contributed by atoms with Crippen LogP contribution in [-0.4, -0.2) is 46.5 Å². The molecular formula is C9H18O7. The van der Waals surface area contributed by atoms with Crippen molar-refractivity contribution in [1.29, 1.82) is 0 Å². The SMILES string of the molecule is COC(C)(OC)OC(=O)OC(C)(OC)OC. The first-order chi connectivity index (χ1) is 7.34. The van der Waals surface area contributed by atoms with Crippen LogP contribution in [0, 0.1) is 0 Å². The van der Waals surface area contributed by atoms with Crippen LogP contribution < -0.4 is 0 Å². The van der Waals surface area contributed by atoms with Gasteiger partial charge in [0.05, 0.1) is 0 Å². The van der Waals surface area contributed by atoms with Crippen LogP contribution in [-0.2, 0) is 28.4 Å². The Bertz CT molecular complexity index is 198. The van der Waals surface area contributed by atoms with Crippen molar-refractivity contribution in [2.24, 2.45) is 0 Å². The fraction of sp³-hybridized carbons (Fsp3) is 0.889. The van der Waals surface area contributed by atoms with Gasteiger partial charge in [0.25, 0.3) is 0 Å². The molecule has 0 rings (SSSR count). The second kappa shape index (κ2) is 6.00. The summed E-state index contributed by atoms with van der Waals surface area (Å²) in [5.41, 5.74) is 0. The molecule has 0 saturated heterocycles. The summed E-state index contributed by atoms with van der Waals surface area (Å²) in [6, 6.07) is 0. The van der Waals surface area contributed by atoms with Gasteiger partial charge >= 0.3 is 18.1 Å². The van der Waals surface area contributed by atoms with Crippen molar-refractivity contribution in [3.8, 4) is 0 Å². The fourth-order valence-electron chi connectivity index (χ4n) is 0.657. The molecule has 7 nitrogen and oxygen atoms in total. The molecule has 0 aliphatic carbocycles. The highest BCUT2D eigenvalue weighted by Crippen LogP contribution is 2.17. The van der Waals surface area contributed by atoms with Crippen molar-refractivity contribution in [2.75, 3.05) is 28.4 Å². The maximum absolute atomic E-state index is 11.3. The van der Waals surface area contributed by atoms with Crippen LogP contribution in [0.2, 0.25) is 0 Å². The summed E-state index contributed by atoms with van der Waals surface area (Å²) in [6.45, 7) is 2.82. The van der Waals surface area contributed by atoms with Gasteiger partial charge in [0, 0.05) is 42.3 Å². The molecule has 0 N–H and O–H groups in total. The summed E-state index contributed by atoms with van der Waals surface area (Å²) < 4.78 is 28.8. The predicted molar refractivity (Wildman–Crippen MR) is 52.4 cm³/mol. The third-order valence-corrected chi connectivity index (χ3v) is 2.02. The topological polar surface area (TPSA) is 72.5 Å². The molecule has 16 heavy (non-hydrogen) atoms. The minimum Gasteiger partial charge on any atom is -0.376 e. The molecule has 0 saturated carbocycles. The summed E-state index contributed by atoms with van der Waals surface area (Å²) in [7, 11) is 5.29. The Balaban J connectivity index is 4.38. The largest absolute Gasteiger partial charge is 0.516 e. The normalized spacial score (nSPS) is 12.4. The number of carbonyl (C=O) groups excluding carboxylic acids is 1.